The minimum atomic E-state index is -3.38. The van der Waals surface area contributed by atoms with E-state index in [2.05, 4.69) is 40.9 Å². The van der Waals surface area contributed by atoms with Crippen molar-refractivity contribution in [2.75, 3.05) is 10.2 Å². The maximum atomic E-state index is 12.8. The first kappa shape index (κ1) is 25.2. The number of nitrogens with one attached hydrogen (secondary N) is 2. The van der Waals surface area contributed by atoms with E-state index in [0.29, 0.717) is 31.7 Å². The maximum absolute atomic E-state index is 12.8. The lowest BCUT2D eigenvalue weighted by Crippen LogP contribution is -2.46. The zero-order chi connectivity index (χ0) is 24.2. The molecule has 7 heteroatoms. The molecule has 0 unspecified atom stereocenters. The van der Waals surface area contributed by atoms with Crippen LogP contribution in [0.2, 0.25) is 0 Å². The van der Waals surface area contributed by atoms with Crippen LogP contribution in [0.4, 0.5) is 17.1 Å². The van der Waals surface area contributed by atoms with Gasteiger partial charge >= 0.3 is 0 Å². The molecule has 0 radical (unpaired) electrons. The monoisotopic (exact) mass is 471 g/mol. The van der Waals surface area contributed by atoms with E-state index < -0.39 is 14.8 Å². The van der Waals surface area contributed by atoms with E-state index in [-0.39, 0.29) is 17.9 Å². The van der Waals surface area contributed by atoms with Gasteiger partial charge in [0.05, 0.1) is 4.75 Å². The molecule has 1 saturated carbocycles. The number of rotatable bonds is 7. The number of hydrogen-bond donors (Lipinski definition) is 2. The van der Waals surface area contributed by atoms with Gasteiger partial charge in [0.2, 0.25) is 15.9 Å². The Morgan fingerprint density at radius 1 is 0.909 bits per heavy atom. The predicted molar refractivity (Wildman–Crippen MR) is 136 cm³/mol. The number of benzene rings is 2. The zero-order valence-electron chi connectivity index (χ0n) is 20.3. The average Bonchev–Trinajstić information content (AvgIpc) is 2.75. The molecule has 0 spiro atoms. The third-order valence-electron chi connectivity index (χ3n) is 6.19. The summed E-state index contributed by atoms with van der Waals surface area (Å²) in [6.45, 7) is 9.39. The highest BCUT2D eigenvalue weighted by molar-refractivity contribution is 7.90. The summed E-state index contributed by atoms with van der Waals surface area (Å²) in [7, 11) is -3.38. The summed E-state index contributed by atoms with van der Waals surface area (Å²) in [6.07, 6.45) is 2.70. The molecule has 1 fully saturated rings. The fourth-order valence-electron chi connectivity index (χ4n) is 4.15. The van der Waals surface area contributed by atoms with E-state index in [4.69, 9.17) is 0 Å². The number of nitrogens with zero attached hydrogens (tertiary/aromatic N) is 1. The van der Waals surface area contributed by atoms with Gasteiger partial charge in [-0.15, -0.1) is 0 Å². The molecule has 1 aliphatic carbocycles. The molecule has 0 aliphatic heterocycles. The smallest absolute Gasteiger partial charge is 0.227 e. The summed E-state index contributed by atoms with van der Waals surface area (Å²) < 4.78 is 26.8. The van der Waals surface area contributed by atoms with Crippen molar-refractivity contribution in [3.05, 3.63) is 54.6 Å². The van der Waals surface area contributed by atoms with Gasteiger partial charge in [-0.05, 0) is 96.7 Å². The first-order valence-corrected chi connectivity index (χ1v) is 13.2. The van der Waals surface area contributed by atoms with E-state index in [1.54, 1.807) is 20.8 Å². The molecule has 3 rings (SSSR count). The van der Waals surface area contributed by atoms with Gasteiger partial charge in [-0.1, -0.05) is 18.2 Å². The van der Waals surface area contributed by atoms with Crippen molar-refractivity contribution in [3.63, 3.8) is 0 Å². The number of para-hydroxylation sites is 1. The van der Waals surface area contributed by atoms with Gasteiger partial charge in [0.25, 0.3) is 0 Å². The van der Waals surface area contributed by atoms with Gasteiger partial charge in [-0.2, -0.15) is 0 Å². The number of amides is 1. The molecule has 0 atom stereocenters. The van der Waals surface area contributed by atoms with Crippen LogP contribution in [0.3, 0.4) is 0 Å². The number of sulfonamides is 1. The molecule has 0 saturated heterocycles. The first-order chi connectivity index (χ1) is 15.5. The fraction of sp³-hybridized carbons (Fsp3) is 0.500. The molecule has 6 nitrogen and oxygen atoms in total. The van der Waals surface area contributed by atoms with Crippen molar-refractivity contribution in [2.24, 2.45) is 5.92 Å². The average molecular weight is 472 g/mol. The van der Waals surface area contributed by atoms with Gasteiger partial charge in [0.15, 0.2) is 0 Å². The lowest BCUT2D eigenvalue weighted by atomic mass is 9.86. The molecule has 0 aromatic heterocycles. The highest BCUT2D eigenvalue weighted by Crippen LogP contribution is 2.30. The Balaban J connectivity index is 1.57. The second kappa shape index (κ2) is 10.3. The van der Waals surface area contributed by atoms with Crippen molar-refractivity contribution >= 4 is 33.0 Å². The van der Waals surface area contributed by atoms with Crippen LogP contribution in [0, 0.1) is 5.92 Å². The van der Waals surface area contributed by atoms with Crippen LogP contribution >= 0.6 is 0 Å². The number of anilines is 3. The minimum absolute atomic E-state index is 0.00338. The van der Waals surface area contributed by atoms with E-state index in [1.165, 1.54) is 0 Å². The largest absolute Gasteiger partial charge is 0.339 e. The highest BCUT2D eigenvalue weighted by Gasteiger charge is 2.34. The lowest BCUT2D eigenvalue weighted by molar-refractivity contribution is -0.120. The summed E-state index contributed by atoms with van der Waals surface area (Å²) in [6, 6.07) is 18.4. The minimum Gasteiger partial charge on any atom is -0.339 e. The molecule has 2 aromatic rings. The molecule has 1 amide bonds. The summed E-state index contributed by atoms with van der Waals surface area (Å²) in [5.41, 5.74) is 2.97. The van der Waals surface area contributed by atoms with Gasteiger partial charge in [-0.3, -0.25) is 4.79 Å². The van der Waals surface area contributed by atoms with Gasteiger partial charge in [0, 0.05) is 35.1 Å². The molecule has 0 bridgehead atoms. The summed E-state index contributed by atoms with van der Waals surface area (Å²) in [5.74, 6) is -0.0970. The van der Waals surface area contributed by atoms with E-state index in [9.17, 15) is 13.2 Å². The number of hydrogen-bond acceptors (Lipinski definition) is 4. The fourth-order valence-corrected chi connectivity index (χ4v) is 5.18. The Labute approximate surface area is 198 Å². The molecule has 1 aliphatic rings. The van der Waals surface area contributed by atoms with Crippen LogP contribution in [0.1, 0.15) is 60.3 Å². The molecular weight excluding hydrogens is 434 g/mol. The van der Waals surface area contributed by atoms with E-state index in [0.717, 1.165) is 17.1 Å². The summed E-state index contributed by atoms with van der Waals surface area (Å²) in [5, 5.41) is 3.04. The molecule has 2 N–H and O–H groups in total. The zero-order valence-corrected chi connectivity index (χ0v) is 21.2. The third kappa shape index (κ3) is 6.36. The Morgan fingerprint density at radius 3 is 1.97 bits per heavy atom. The van der Waals surface area contributed by atoms with Crippen LogP contribution in [0.15, 0.2) is 54.6 Å². The van der Waals surface area contributed by atoms with E-state index in [1.807, 2.05) is 42.5 Å². The third-order valence-corrected chi connectivity index (χ3v) is 8.45. The van der Waals surface area contributed by atoms with Gasteiger partial charge in [0.1, 0.15) is 0 Å². The Morgan fingerprint density at radius 2 is 1.45 bits per heavy atom. The maximum Gasteiger partial charge on any atom is 0.227 e. The second-order valence-electron chi connectivity index (χ2n) is 10.1. The SMILES string of the molecule is CC(C)N(c1ccccc1)c1ccc(NC(=O)[C@H]2CC[C@H](NS(=O)(=O)C(C)(C)C)CC2)cc1. The van der Waals surface area contributed by atoms with Gasteiger partial charge < -0.3 is 10.2 Å². The molecule has 33 heavy (non-hydrogen) atoms. The van der Waals surface area contributed by atoms with Gasteiger partial charge in [-0.25, -0.2) is 13.1 Å². The molecule has 2 aromatic carbocycles. The molecule has 0 heterocycles. The Hall–Kier alpha value is -2.38. The summed E-state index contributed by atoms with van der Waals surface area (Å²) >= 11 is 0. The van der Waals surface area contributed by atoms with Crippen LogP contribution in [0.25, 0.3) is 0 Å². The topological polar surface area (TPSA) is 78.5 Å². The molecular formula is C26H37N3O3S. The number of carbonyl (C=O) groups is 1. The Kier molecular flexibility index (Phi) is 7.85. The van der Waals surface area contributed by atoms with Crippen molar-refractivity contribution in [3.8, 4) is 0 Å². The van der Waals surface area contributed by atoms with Crippen LogP contribution in [-0.2, 0) is 14.8 Å². The standard InChI is InChI=1S/C26H37N3O3S/c1-19(2)29(23-9-7-6-8-10-23)24-17-15-21(16-18-24)27-25(30)20-11-13-22(14-12-20)28-33(31,32)26(3,4)5/h6-10,15-20,22,28H,11-14H2,1-5H3,(H,27,30)/t20-,22-. The number of carbonyl (C=O) groups excluding carboxylic acids is 1. The van der Waals surface area contributed by atoms with Crippen LogP contribution in [-0.4, -0.2) is 31.2 Å². The molecule has 180 valence electrons. The predicted octanol–water partition coefficient (Wildman–Crippen LogP) is 5.45. The quantitative estimate of drug-likeness (QED) is 0.563. The van der Waals surface area contributed by atoms with Crippen molar-refractivity contribution in [1.29, 1.82) is 0 Å². The normalized spacial score (nSPS) is 19.3. The van der Waals surface area contributed by atoms with E-state index >= 15 is 0 Å². The van der Waals surface area contributed by atoms with Crippen LogP contribution < -0.4 is 14.9 Å². The highest BCUT2D eigenvalue weighted by atomic mass is 32.2. The lowest BCUT2D eigenvalue weighted by Gasteiger charge is -2.31. The van der Waals surface area contributed by atoms with Crippen molar-refractivity contribution in [1.82, 2.24) is 4.72 Å². The van der Waals surface area contributed by atoms with Crippen molar-refractivity contribution < 1.29 is 13.2 Å². The van der Waals surface area contributed by atoms with Crippen LogP contribution in [0.5, 0.6) is 0 Å². The first-order valence-electron chi connectivity index (χ1n) is 11.7. The summed E-state index contributed by atoms with van der Waals surface area (Å²) in [4.78, 5) is 15.1. The van der Waals surface area contributed by atoms with Crippen molar-refractivity contribution in [2.45, 2.75) is 77.1 Å². The Bertz CT molecular complexity index is 1020. The second-order valence-corrected chi connectivity index (χ2v) is 12.6.